The zero-order valence-corrected chi connectivity index (χ0v) is 16.0. The first kappa shape index (κ1) is 18.8. The Morgan fingerprint density at radius 2 is 2.19 bits per heavy atom. The van der Waals surface area contributed by atoms with Gasteiger partial charge in [-0.3, -0.25) is 5.32 Å². The van der Waals surface area contributed by atoms with Gasteiger partial charge < -0.3 is 10.0 Å². The number of aliphatic hydroxyl groups is 1. The van der Waals surface area contributed by atoms with Gasteiger partial charge in [-0.05, 0) is 29.9 Å². The second kappa shape index (κ2) is 7.32. The molecule has 0 aliphatic carbocycles. The number of hydrogen-bond donors (Lipinski definition) is 2. The van der Waals surface area contributed by atoms with Gasteiger partial charge in [0.05, 0.1) is 11.8 Å². The summed E-state index contributed by atoms with van der Waals surface area (Å²) in [5.41, 5.74) is 1.30. The molecule has 0 spiro atoms. The van der Waals surface area contributed by atoms with Crippen molar-refractivity contribution in [1.82, 2.24) is 9.88 Å². The maximum Gasteiger partial charge on any atom is 0.323 e. The zero-order chi connectivity index (χ0) is 18.9. The Hall–Kier alpha value is -1.99. The number of urea groups is 1. The molecular formula is C19H24FN3O2S. The van der Waals surface area contributed by atoms with Crippen molar-refractivity contribution in [3.05, 3.63) is 35.5 Å². The van der Waals surface area contributed by atoms with Gasteiger partial charge in [-0.2, -0.15) is 0 Å². The molecule has 1 aromatic carbocycles. The molecule has 1 fully saturated rings. The molecule has 2 heterocycles. The van der Waals surface area contributed by atoms with Crippen molar-refractivity contribution in [2.24, 2.45) is 11.3 Å². The highest BCUT2D eigenvalue weighted by molar-refractivity contribution is 7.14. The number of likely N-dealkylation sites (tertiary alicyclic amines) is 1. The van der Waals surface area contributed by atoms with Crippen LogP contribution in [0, 0.1) is 17.2 Å². The number of carbonyl (C=O) groups is 1. The van der Waals surface area contributed by atoms with Crippen LogP contribution < -0.4 is 5.32 Å². The summed E-state index contributed by atoms with van der Waals surface area (Å²) in [5.74, 6) is -0.150. The van der Waals surface area contributed by atoms with E-state index in [4.69, 9.17) is 0 Å². The topological polar surface area (TPSA) is 65.5 Å². The second-order valence-electron chi connectivity index (χ2n) is 7.75. The predicted octanol–water partition coefficient (Wildman–Crippen LogP) is 4.21. The van der Waals surface area contributed by atoms with Gasteiger partial charge >= 0.3 is 6.03 Å². The minimum atomic E-state index is -0.534. The summed E-state index contributed by atoms with van der Waals surface area (Å²) in [6.45, 7) is 7.25. The van der Waals surface area contributed by atoms with Crippen LogP contribution in [-0.4, -0.2) is 40.2 Å². The standard InChI is InChI=1S/C19H24FN3O2S/c1-19(2,3)14-7-8-23(10-16(14)24)18(25)22-17-21-15(11-26-17)12-5-4-6-13(20)9-12/h4-6,9,11,14,16,24H,7-8,10H2,1-3H3,(H,21,22,25)/t14-,16-/m0/s1. The summed E-state index contributed by atoms with van der Waals surface area (Å²) < 4.78 is 13.3. The van der Waals surface area contributed by atoms with Gasteiger partial charge in [-0.1, -0.05) is 32.9 Å². The van der Waals surface area contributed by atoms with Crippen molar-refractivity contribution in [3.63, 3.8) is 0 Å². The van der Waals surface area contributed by atoms with Crippen molar-refractivity contribution in [1.29, 1.82) is 0 Å². The summed E-state index contributed by atoms with van der Waals surface area (Å²) in [6.07, 6.45) is 0.235. The van der Waals surface area contributed by atoms with Crippen LogP contribution in [0.3, 0.4) is 0 Å². The predicted molar refractivity (Wildman–Crippen MR) is 102 cm³/mol. The van der Waals surface area contributed by atoms with E-state index in [0.717, 1.165) is 6.42 Å². The Morgan fingerprint density at radius 3 is 2.85 bits per heavy atom. The van der Waals surface area contributed by atoms with Gasteiger partial charge in [0, 0.05) is 24.0 Å². The van der Waals surface area contributed by atoms with Crippen LogP contribution in [-0.2, 0) is 0 Å². The quantitative estimate of drug-likeness (QED) is 0.824. The Bertz CT molecular complexity index is 787. The molecule has 5 nitrogen and oxygen atoms in total. The van der Waals surface area contributed by atoms with Gasteiger partial charge in [0.1, 0.15) is 5.82 Å². The Labute approximate surface area is 156 Å². The Balaban J connectivity index is 1.63. The number of β-amino-alcohol motifs (C(OH)–C–C–N with tert-alkyl or cyclic N) is 1. The highest BCUT2D eigenvalue weighted by Crippen LogP contribution is 2.35. The molecule has 2 amide bonds. The van der Waals surface area contributed by atoms with E-state index < -0.39 is 6.10 Å². The third-order valence-electron chi connectivity index (χ3n) is 4.82. The molecule has 1 aliphatic heterocycles. The van der Waals surface area contributed by atoms with E-state index in [9.17, 15) is 14.3 Å². The molecular weight excluding hydrogens is 353 g/mol. The van der Waals surface area contributed by atoms with Crippen LogP contribution in [0.5, 0.6) is 0 Å². The minimum Gasteiger partial charge on any atom is -0.391 e. The average molecular weight is 377 g/mol. The van der Waals surface area contributed by atoms with E-state index in [1.54, 1.807) is 22.4 Å². The van der Waals surface area contributed by atoms with Gasteiger partial charge in [0.25, 0.3) is 0 Å². The fourth-order valence-corrected chi connectivity index (χ4v) is 4.12. The largest absolute Gasteiger partial charge is 0.391 e. The molecule has 1 saturated heterocycles. The van der Waals surface area contributed by atoms with Gasteiger partial charge in [-0.15, -0.1) is 11.3 Å². The first-order chi connectivity index (χ1) is 12.2. The van der Waals surface area contributed by atoms with Crippen molar-refractivity contribution in [3.8, 4) is 11.3 Å². The number of thiazole rings is 1. The summed E-state index contributed by atoms with van der Waals surface area (Å²) >= 11 is 1.29. The molecule has 1 aliphatic rings. The Morgan fingerprint density at radius 1 is 1.42 bits per heavy atom. The minimum absolute atomic E-state index is 0.0111. The third-order valence-corrected chi connectivity index (χ3v) is 5.58. The molecule has 0 bridgehead atoms. The number of amides is 2. The van der Waals surface area contributed by atoms with Crippen LogP contribution >= 0.6 is 11.3 Å². The molecule has 2 atom stereocenters. The monoisotopic (exact) mass is 377 g/mol. The number of hydrogen-bond acceptors (Lipinski definition) is 4. The summed E-state index contributed by atoms with van der Waals surface area (Å²) in [5, 5.41) is 15.4. The number of piperidine rings is 1. The number of halogens is 1. The fraction of sp³-hybridized carbons (Fsp3) is 0.474. The number of aromatic nitrogens is 1. The lowest BCUT2D eigenvalue weighted by molar-refractivity contribution is -0.0108. The van der Waals surface area contributed by atoms with E-state index in [2.05, 4.69) is 31.1 Å². The lowest BCUT2D eigenvalue weighted by atomic mass is 9.74. The number of carbonyl (C=O) groups excluding carboxylic acids is 1. The molecule has 26 heavy (non-hydrogen) atoms. The SMILES string of the molecule is CC(C)(C)[C@H]1CCN(C(=O)Nc2nc(-c3cccc(F)c3)cs2)C[C@@H]1O. The number of aliphatic hydroxyl groups excluding tert-OH is 1. The van der Waals surface area contributed by atoms with Crippen LogP contribution in [0.1, 0.15) is 27.2 Å². The first-order valence-corrected chi connectivity index (χ1v) is 9.57. The van der Waals surface area contributed by atoms with Crippen molar-refractivity contribution < 1.29 is 14.3 Å². The third kappa shape index (κ3) is 4.22. The van der Waals surface area contributed by atoms with E-state index in [1.165, 1.54) is 23.5 Å². The molecule has 0 saturated carbocycles. The first-order valence-electron chi connectivity index (χ1n) is 8.69. The van der Waals surface area contributed by atoms with Crippen LogP contribution in [0.4, 0.5) is 14.3 Å². The van der Waals surface area contributed by atoms with Gasteiger partial charge in [0.2, 0.25) is 0 Å². The maximum atomic E-state index is 13.3. The molecule has 7 heteroatoms. The van der Waals surface area contributed by atoms with E-state index >= 15 is 0 Å². The van der Waals surface area contributed by atoms with Gasteiger partial charge in [-0.25, -0.2) is 14.2 Å². The number of anilines is 1. The molecule has 140 valence electrons. The second-order valence-corrected chi connectivity index (χ2v) is 8.61. The summed E-state index contributed by atoms with van der Waals surface area (Å²) in [4.78, 5) is 18.5. The highest BCUT2D eigenvalue weighted by Gasteiger charge is 2.37. The molecule has 3 rings (SSSR count). The van der Waals surface area contributed by atoms with E-state index in [1.807, 2.05) is 0 Å². The maximum absolute atomic E-state index is 13.3. The molecule has 2 aromatic rings. The zero-order valence-electron chi connectivity index (χ0n) is 15.2. The highest BCUT2D eigenvalue weighted by atomic mass is 32.1. The van der Waals surface area contributed by atoms with Gasteiger partial charge in [0.15, 0.2) is 5.13 Å². The molecule has 2 N–H and O–H groups in total. The number of benzene rings is 1. The number of rotatable bonds is 2. The van der Waals surface area contributed by atoms with Crippen LogP contribution in [0.2, 0.25) is 0 Å². The molecule has 0 radical (unpaired) electrons. The van der Waals surface area contributed by atoms with E-state index in [-0.39, 0.29) is 23.2 Å². The lowest BCUT2D eigenvalue weighted by Crippen LogP contribution is -2.51. The molecule has 0 unspecified atom stereocenters. The average Bonchev–Trinajstić information content (AvgIpc) is 3.02. The van der Waals surface area contributed by atoms with Crippen molar-refractivity contribution in [2.45, 2.75) is 33.3 Å². The fourth-order valence-electron chi connectivity index (χ4n) is 3.41. The van der Waals surface area contributed by atoms with Crippen LogP contribution in [0.25, 0.3) is 11.3 Å². The number of nitrogens with zero attached hydrogens (tertiary/aromatic N) is 2. The molecule has 1 aromatic heterocycles. The normalized spacial score (nSPS) is 20.9. The summed E-state index contributed by atoms with van der Waals surface area (Å²) in [7, 11) is 0. The van der Waals surface area contributed by atoms with Crippen LogP contribution in [0.15, 0.2) is 29.6 Å². The summed E-state index contributed by atoms with van der Waals surface area (Å²) in [6, 6.07) is 5.93. The van der Waals surface area contributed by atoms with Crippen molar-refractivity contribution >= 4 is 22.5 Å². The number of nitrogens with one attached hydrogen (secondary N) is 1. The lowest BCUT2D eigenvalue weighted by Gasteiger charge is -2.42. The Kier molecular flexibility index (Phi) is 5.29. The van der Waals surface area contributed by atoms with Crippen molar-refractivity contribution in [2.75, 3.05) is 18.4 Å². The van der Waals surface area contributed by atoms with E-state index in [0.29, 0.717) is 29.5 Å². The smallest absolute Gasteiger partial charge is 0.323 e.